The van der Waals surface area contributed by atoms with Gasteiger partial charge in [0.1, 0.15) is 5.66 Å². The predicted octanol–water partition coefficient (Wildman–Crippen LogP) is 7.56. The highest BCUT2D eigenvalue weighted by molar-refractivity contribution is 5.57. The molecule has 4 rings (SSSR count). The van der Waals surface area contributed by atoms with Gasteiger partial charge in [0.2, 0.25) is 0 Å². The van der Waals surface area contributed by atoms with E-state index in [4.69, 9.17) is 0 Å². The van der Waals surface area contributed by atoms with E-state index in [0.29, 0.717) is 0 Å². The van der Waals surface area contributed by atoms with Gasteiger partial charge in [-0.1, -0.05) is 149 Å². The number of hydrogen-bond acceptors (Lipinski definition) is 2. The highest BCUT2D eigenvalue weighted by atomic mass is 15.4. The Bertz CT molecular complexity index is 1060. The SMILES string of the molecule is CCN(CC)C(c1ccccc1)(N(CC)CC)C(c1ccccc1)(c1ccccc1)c1ccccc1. The van der Waals surface area contributed by atoms with Crippen LogP contribution in [-0.4, -0.2) is 36.0 Å². The van der Waals surface area contributed by atoms with Crippen molar-refractivity contribution in [1.29, 1.82) is 0 Å². The summed E-state index contributed by atoms with van der Waals surface area (Å²) >= 11 is 0. The molecule has 0 saturated carbocycles. The van der Waals surface area contributed by atoms with Crippen LogP contribution in [0.4, 0.5) is 0 Å². The van der Waals surface area contributed by atoms with Gasteiger partial charge < -0.3 is 0 Å². The van der Waals surface area contributed by atoms with Crippen molar-refractivity contribution in [1.82, 2.24) is 9.80 Å². The molecular weight excluding hydrogens is 436 g/mol. The van der Waals surface area contributed by atoms with Gasteiger partial charge in [0.25, 0.3) is 0 Å². The summed E-state index contributed by atoms with van der Waals surface area (Å²) in [7, 11) is 0. The van der Waals surface area contributed by atoms with Crippen molar-refractivity contribution in [2.45, 2.75) is 38.8 Å². The lowest BCUT2D eigenvalue weighted by Crippen LogP contribution is -2.69. The van der Waals surface area contributed by atoms with Crippen LogP contribution in [-0.2, 0) is 11.1 Å². The molecule has 0 N–H and O–H groups in total. The Morgan fingerprint density at radius 3 is 0.889 bits per heavy atom. The summed E-state index contributed by atoms with van der Waals surface area (Å²) in [4.78, 5) is 5.37. The minimum atomic E-state index is -0.504. The van der Waals surface area contributed by atoms with Gasteiger partial charge in [-0.25, -0.2) is 0 Å². The maximum atomic E-state index is 2.68. The predicted molar refractivity (Wildman–Crippen MR) is 153 cm³/mol. The average molecular weight is 477 g/mol. The third-order valence-corrected chi connectivity index (χ3v) is 7.76. The molecule has 0 aliphatic carbocycles. The van der Waals surface area contributed by atoms with Crippen LogP contribution in [0.2, 0.25) is 0 Å². The van der Waals surface area contributed by atoms with Gasteiger partial charge in [-0.2, -0.15) is 0 Å². The second-order valence-corrected chi connectivity index (χ2v) is 9.23. The van der Waals surface area contributed by atoms with Crippen molar-refractivity contribution in [3.8, 4) is 0 Å². The van der Waals surface area contributed by atoms with Crippen LogP contribution >= 0.6 is 0 Å². The van der Waals surface area contributed by atoms with E-state index in [1.807, 2.05) is 0 Å². The Morgan fingerprint density at radius 2 is 0.639 bits per heavy atom. The van der Waals surface area contributed by atoms with Gasteiger partial charge in [-0.3, -0.25) is 9.80 Å². The lowest BCUT2D eigenvalue weighted by molar-refractivity contribution is -0.0942. The molecule has 0 unspecified atom stereocenters. The van der Waals surface area contributed by atoms with E-state index in [2.05, 4.69) is 159 Å². The molecule has 0 spiro atoms. The Balaban J connectivity index is 2.33. The third kappa shape index (κ3) is 4.09. The van der Waals surface area contributed by atoms with Crippen LogP contribution in [0.25, 0.3) is 0 Å². The zero-order valence-electron chi connectivity index (χ0n) is 22.3. The quantitative estimate of drug-likeness (QED) is 0.163. The molecule has 0 aromatic heterocycles. The Morgan fingerprint density at radius 1 is 0.389 bits per heavy atom. The van der Waals surface area contributed by atoms with Gasteiger partial charge in [-0.15, -0.1) is 0 Å². The molecule has 0 radical (unpaired) electrons. The van der Waals surface area contributed by atoms with Crippen molar-refractivity contribution < 1.29 is 0 Å². The third-order valence-electron chi connectivity index (χ3n) is 7.76. The molecule has 0 amide bonds. The molecule has 0 bridgehead atoms. The maximum absolute atomic E-state index is 2.68. The van der Waals surface area contributed by atoms with Crippen LogP contribution < -0.4 is 0 Å². The first-order valence-corrected chi connectivity index (χ1v) is 13.4. The second kappa shape index (κ2) is 11.7. The fourth-order valence-electron chi connectivity index (χ4n) is 6.46. The summed E-state index contributed by atoms with van der Waals surface area (Å²) < 4.78 is 0. The molecule has 0 saturated heterocycles. The Labute approximate surface area is 218 Å². The molecule has 2 heteroatoms. The lowest BCUT2D eigenvalue weighted by atomic mass is 9.58. The van der Waals surface area contributed by atoms with Crippen molar-refractivity contribution in [3.05, 3.63) is 144 Å². The van der Waals surface area contributed by atoms with Crippen LogP contribution in [0.1, 0.15) is 49.9 Å². The van der Waals surface area contributed by atoms with Gasteiger partial charge >= 0.3 is 0 Å². The standard InChI is InChI=1S/C34H40N2/c1-5-35(6-2)34(36(7-3)8-4,32-27-19-12-20-28-32)33(29-21-13-9-14-22-29,30-23-15-10-16-24-30)31-25-17-11-18-26-31/h9-28H,5-8H2,1-4H3. The minimum absolute atomic E-state index is 0.481. The normalized spacial score (nSPS) is 12.3. The van der Waals surface area contributed by atoms with E-state index in [0.717, 1.165) is 26.2 Å². The van der Waals surface area contributed by atoms with Crippen LogP contribution in [0.3, 0.4) is 0 Å². The van der Waals surface area contributed by atoms with Crippen molar-refractivity contribution in [2.75, 3.05) is 26.2 Å². The second-order valence-electron chi connectivity index (χ2n) is 9.23. The molecular formula is C34H40N2. The fraction of sp³-hybridized carbons (Fsp3) is 0.294. The van der Waals surface area contributed by atoms with E-state index in [1.54, 1.807) is 0 Å². The Kier molecular flexibility index (Phi) is 8.40. The number of rotatable bonds is 11. The first kappa shape index (κ1) is 25.9. The molecule has 4 aromatic carbocycles. The summed E-state index contributed by atoms with van der Waals surface area (Å²) in [5.74, 6) is 0. The molecule has 0 fully saturated rings. The van der Waals surface area contributed by atoms with Gasteiger partial charge in [0, 0.05) is 0 Å². The monoisotopic (exact) mass is 476 g/mol. The van der Waals surface area contributed by atoms with Crippen LogP contribution in [0, 0.1) is 0 Å². The van der Waals surface area contributed by atoms with Gasteiger partial charge in [0.15, 0.2) is 0 Å². The van der Waals surface area contributed by atoms with Crippen LogP contribution in [0.15, 0.2) is 121 Å². The summed E-state index contributed by atoms with van der Waals surface area (Å²) in [6.45, 7) is 12.9. The number of hydrogen-bond donors (Lipinski definition) is 0. The highest BCUT2D eigenvalue weighted by Crippen LogP contribution is 2.56. The average Bonchev–Trinajstić information content (AvgIpc) is 2.96. The molecule has 4 aromatic rings. The summed E-state index contributed by atoms with van der Waals surface area (Å²) in [6.07, 6.45) is 0. The molecule has 36 heavy (non-hydrogen) atoms. The van der Waals surface area contributed by atoms with E-state index in [-0.39, 0.29) is 0 Å². The van der Waals surface area contributed by atoms with E-state index >= 15 is 0 Å². The van der Waals surface area contributed by atoms with Crippen LogP contribution in [0.5, 0.6) is 0 Å². The van der Waals surface area contributed by atoms with Gasteiger partial charge in [-0.05, 0) is 48.4 Å². The van der Waals surface area contributed by atoms with E-state index in [9.17, 15) is 0 Å². The molecule has 0 aliphatic heterocycles. The topological polar surface area (TPSA) is 6.48 Å². The van der Waals surface area contributed by atoms with Gasteiger partial charge in [0.05, 0.1) is 5.41 Å². The molecule has 2 nitrogen and oxygen atoms in total. The minimum Gasteiger partial charge on any atom is -0.281 e. The number of nitrogens with zero attached hydrogens (tertiary/aromatic N) is 2. The summed E-state index contributed by atoms with van der Waals surface area (Å²) in [6, 6.07) is 44.7. The zero-order chi connectivity index (χ0) is 25.4. The van der Waals surface area contributed by atoms with E-state index in [1.165, 1.54) is 22.3 Å². The first-order chi connectivity index (χ1) is 17.7. The van der Waals surface area contributed by atoms with Crippen molar-refractivity contribution in [3.63, 3.8) is 0 Å². The largest absolute Gasteiger partial charge is 0.281 e. The summed E-state index contributed by atoms with van der Waals surface area (Å²) in [5.41, 5.74) is 4.22. The molecule has 0 atom stereocenters. The maximum Gasteiger partial charge on any atom is 0.118 e. The summed E-state index contributed by atoms with van der Waals surface area (Å²) in [5, 5.41) is 0. The molecule has 186 valence electrons. The van der Waals surface area contributed by atoms with Crippen molar-refractivity contribution in [2.24, 2.45) is 0 Å². The number of benzene rings is 4. The smallest absolute Gasteiger partial charge is 0.118 e. The molecule has 0 aliphatic rings. The fourth-order valence-corrected chi connectivity index (χ4v) is 6.46. The Hall–Kier alpha value is -3.20. The first-order valence-electron chi connectivity index (χ1n) is 13.4. The molecule has 0 heterocycles. The van der Waals surface area contributed by atoms with E-state index < -0.39 is 11.1 Å². The van der Waals surface area contributed by atoms with Crippen molar-refractivity contribution >= 4 is 0 Å². The number of likely N-dealkylation sites (N-methyl/N-ethyl adjacent to an activating group) is 2. The lowest BCUT2D eigenvalue weighted by Gasteiger charge is -2.61. The highest BCUT2D eigenvalue weighted by Gasteiger charge is 2.60. The zero-order valence-corrected chi connectivity index (χ0v) is 22.3.